The molecule has 1 saturated heterocycles. The number of sulfone groups is 1. The smallest absolute Gasteiger partial charge is 0.318 e. The van der Waals surface area contributed by atoms with Crippen molar-refractivity contribution in [2.45, 2.75) is 39.0 Å². The molecule has 2 aromatic rings. The predicted molar refractivity (Wildman–Crippen MR) is 120 cm³/mol. The van der Waals surface area contributed by atoms with Crippen molar-refractivity contribution < 1.29 is 26.7 Å². The highest BCUT2D eigenvalue weighted by molar-refractivity contribution is 7.92. The lowest BCUT2D eigenvalue weighted by Crippen LogP contribution is -2.47. The van der Waals surface area contributed by atoms with Crippen molar-refractivity contribution >= 4 is 27.1 Å². The molecule has 176 valence electrons. The number of hydrogen-bond acceptors (Lipinski definition) is 7. The standard InChI is InChI=1S/C23H25F2N3O4S/c1-14-22(2,3)16-9-15(18(29)10-23(4)12-33(30,31)13-23)5-6-17(16)28(14)20-7-8-26-21(27-20)32-11-19(24)25/h5-9,19H,1,10-13H2,2-4H3. The maximum absolute atomic E-state index is 13.0. The number of carbonyl (C=O) groups excluding carboxylic acids is 1. The molecule has 0 N–H and O–H groups in total. The molecular weight excluding hydrogens is 452 g/mol. The minimum Gasteiger partial charge on any atom is -0.457 e. The normalized spacial score (nSPS) is 19.8. The van der Waals surface area contributed by atoms with Crippen LogP contribution < -0.4 is 9.64 Å². The largest absolute Gasteiger partial charge is 0.457 e. The van der Waals surface area contributed by atoms with E-state index in [-0.39, 0.29) is 29.7 Å². The first-order valence-electron chi connectivity index (χ1n) is 10.4. The molecule has 0 spiro atoms. The number of alkyl halides is 2. The molecule has 2 aliphatic rings. The third-order valence-corrected chi connectivity index (χ3v) is 8.41. The zero-order chi connectivity index (χ0) is 24.2. The molecule has 2 aliphatic heterocycles. The Morgan fingerprint density at radius 3 is 2.58 bits per heavy atom. The fourth-order valence-corrected chi connectivity index (χ4v) is 6.77. The van der Waals surface area contributed by atoms with Crippen molar-refractivity contribution in [1.29, 1.82) is 0 Å². The summed E-state index contributed by atoms with van der Waals surface area (Å²) in [5.74, 6) is 0.351. The zero-order valence-corrected chi connectivity index (χ0v) is 19.5. The van der Waals surface area contributed by atoms with Crippen molar-refractivity contribution in [3.05, 3.63) is 53.9 Å². The molecule has 0 radical (unpaired) electrons. The highest BCUT2D eigenvalue weighted by Crippen LogP contribution is 2.50. The van der Waals surface area contributed by atoms with Gasteiger partial charge in [0.2, 0.25) is 0 Å². The number of Topliss-reactive ketones (excluding diaryl/α,β-unsaturated/α-hetero) is 1. The highest BCUT2D eigenvalue weighted by atomic mass is 32.2. The second-order valence-corrected chi connectivity index (χ2v) is 11.5. The number of nitrogens with zero attached hydrogens (tertiary/aromatic N) is 3. The number of benzene rings is 1. The first kappa shape index (κ1) is 23.3. The summed E-state index contributed by atoms with van der Waals surface area (Å²) in [6, 6.07) is 6.78. The maximum atomic E-state index is 13.0. The number of halogens is 2. The van der Waals surface area contributed by atoms with Crippen LogP contribution in [0.15, 0.2) is 42.7 Å². The van der Waals surface area contributed by atoms with Crippen LogP contribution in [0.3, 0.4) is 0 Å². The van der Waals surface area contributed by atoms with Crippen molar-refractivity contribution in [3.63, 3.8) is 0 Å². The van der Waals surface area contributed by atoms with Crippen LogP contribution in [0.5, 0.6) is 6.01 Å². The molecule has 0 bridgehead atoms. The Balaban J connectivity index is 1.63. The van der Waals surface area contributed by atoms with E-state index in [4.69, 9.17) is 4.74 Å². The minimum absolute atomic E-state index is 0.0242. The van der Waals surface area contributed by atoms with Crippen LogP contribution in [-0.2, 0) is 15.3 Å². The second-order valence-electron chi connectivity index (χ2n) is 9.48. The van der Waals surface area contributed by atoms with Gasteiger partial charge in [-0.15, -0.1) is 0 Å². The number of rotatable bonds is 7. The molecule has 1 aromatic heterocycles. The Kier molecular flexibility index (Phi) is 5.55. The van der Waals surface area contributed by atoms with Crippen molar-refractivity contribution in [3.8, 4) is 6.01 Å². The SMILES string of the molecule is C=C1N(c2ccnc(OCC(F)F)n2)c2ccc(C(=O)CC3(C)CS(=O)(=O)C3)cc2C1(C)C. The number of aromatic nitrogens is 2. The second kappa shape index (κ2) is 7.86. The molecule has 0 amide bonds. The van der Waals surface area contributed by atoms with E-state index in [1.807, 2.05) is 26.8 Å². The van der Waals surface area contributed by atoms with Gasteiger partial charge in [0.05, 0.1) is 17.2 Å². The third kappa shape index (κ3) is 4.36. The van der Waals surface area contributed by atoms with Crippen LogP contribution in [0.1, 0.15) is 43.1 Å². The number of ether oxygens (including phenoxy) is 1. The molecular formula is C23H25F2N3O4S. The van der Waals surface area contributed by atoms with Gasteiger partial charge in [-0.1, -0.05) is 27.4 Å². The summed E-state index contributed by atoms with van der Waals surface area (Å²) in [5, 5.41) is 0. The number of fused-ring (bicyclic) bond motifs is 1. The van der Waals surface area contributed by atoms with Crippen molar-refractivity contribution in [2.75, 3.05) is 23.0 Å². The van der Waals surface area contributed by atoms with Crippen LogP contribution in [0, 0.1) is 5.41 Å². The number of hydrogen-bond donors (Lipinski definition) is 0. The first-order chi connectivity index (χ1) is 15.3. The van der Waals surface area contributed by atoms with Gasteiger partial charge in [-0.3, -0.25) is 9.69 Å². The molecule has 33 heavy (non-hydrogen) atoms. The predicted octanol–water partition coefficient (Wildman–Crippen LogP) is 4.07. The molecule has 1 aromatic carbocycles. The van der Waals surface area contributed by atoms with E-state index in [1.165, 1.54) is 6.20 Å². The van der Waals surface area contributed by atoms with Crippen molar-refractivity contribution in [2.24, 2.45) is 5.41 Å². The average Bonchev–Trinajstić information content (AvgIpc) is 2.90. The topological polar surface area (TPSA) is 89.5 Å². The van der Waals surface area contributed by atoms with Gasteiger partial charge in [0.1, 0.15) is 5.82 Å². The van der Waals surface area contributed by atoms with Gasteiger partial charge in [-0.05, 0) is 23.8 Å². The van der Waals surface area contributed by atoms with Crippen LogP contribution in [-0.4, -0.2) is 48.7 Å². The summed E-state index contributed by atoms with van der Waals surface area (Å²) in [7, 11) is -3.04. The van der Waals surface area contributed by atoms with Crippen LogP contribution in [0.25, 0.3) is 0 Å². The monoisotopic (exact) mass is 477 g/mol. The Labute approximate surface area is 191 Å². The summed E-state index contributed by atoms with van der Waals surface area (Å²) in [6.45, 7) is 9.16. The molecule has 0 atom stereocenters. The van der Waals surface area contributed by atoms with Crippen LogP contribution >= 0.6 is 0 Å². The first-order valence-corrected chi connectivity index (χ1v) is 12.3. The molecule has 3 heterocycles. The maximum Gasteiger partial charge on any atom is 0.318 e. The van der Waals surface area contributed by atoms with E-state index >= 15 is 0 Å². The molecule has 10 heteroatoms. The van der Waals surface area contributed by atoms with E-state index in [0.717, 1.165) is 11.3 Å². The van der Waals surface area contributed by atoms with Gasteiger partial charge in [-0.25, -0.2) is 22.2 Å². The lowest BCUT2D eigenvalue weighted by molar-refractivity contribution is 0.0770. The Bertz CT molecular complexity index is 1230. The third-order valence-electron chi connectivity index (χ3n) is 6.13. The van der Waals surface area contributed by atoms with Gasteiger partial charge < -0.3 is 4.74 Å². The minimum atomic E-state index is -3.04. The number of allylic oxidation sites excluding steroid dienone is 1. The molecule has 1 fully saturated rings. The number of ketones is 1. The zero-order valence-electron chi connectivity index (χ0n) is 18.6. The molecule has 4 rings (SSSR count). The summed E-state index contributed by atoms with van der Waals surface area (Å²) >= 11 is 0. The van der Waals surface area contributed by atoms with Gasteiger partial charge >= 0.3 is 6.01 Å². The lowest BCUT2D eigenvalue weighted by atomic mass is 9.82. The van der Waals surface area contributed by atoms with Gasteiger partial charge in [0.25, 0.3) is 6.43 Å². The summed E-state index contributed by atoms with van der Waals surface area (Å²) in [4.78, 5) is 22.9. The molecule has 0 saturated carbocycles. The van der Waals surface area contributed by atoms with Gasteiger partial charge in [-0.2, -0.15) is 4.98 Å². The Morgan fingerprint density at radius 1 is 1.24 bits per heavy atom. The van der Waals surface area contributed by atoms with Gasteiger partial charge in [0, 0.05) is 40.8 Å². The van der Waals surface area contributed by atoms with E-state index in [0.29, 0.717) is 17.1 Å². The lowest BCUT2D eigenvalue weighted by Gasteiger charge is -2.37. The fraction of sp³-hybridized carbons (Fsp3) is 0.435. The quantitative estimate of drug-likeness (QED) is 0.556. The van der Waals surface area contributed by atoms with Crippen LogP contribution in [0.4, 0.5) is 20.3 Å². The Morgan fingerprint density at radius 2 is 1.94 bits per heavy atom. The Hall–Kier alpha value is -2.88. The average molecular weight is 478 g/mol. The van der Waals surface area contributed by atoms with Crippen LogP contribution in [0.2, 0.25) is 0 Å². The van der Waals surface area contributed by atoms with E-state index in [1.54, 1.807) is 23.1 Å². The molecule has 7 nitrogen and oxygen atoms in total. The fourth-order valence-electron chi connectivity index (χ4n) is 4.52. The number of carbonyl (C=O) groups is 1. The molecule has 0 aliphatic carbocycles. The van der Waals surface area contributed by atoms with Gasteiger partial charge in [0.15, 0.2) is 22.2 Å². The van der Waals surface area contributed by atoms with E-state index in [2.05, 4.69) is 16.5 Å². The summed E-state index contributed by atoms with van der Waals surface area (Å²) in [5.41, 5.74) is 1.75. The van der Waals surface area contributed by atoms with E-state index in [9.17, 15) is 22.0 Å². The highest BCUT2D eigenvalue weighted by Gasteiger charge is 2.46. The summed E-state index contributed by atoms with van der Waals surface area (Å²) < 4.78 is 53.1. The van der Waals surface area contributed by atoms with E-state index < -0.39 is 33.7 Å². The molecule has 0 unspecified atom stereocenters. The number of anilines is 2. The van der Waals surface area contributed by atoms with Crippen molar-refractivity contribution in [1.82, 2.24) is 9.97 Å². The summed E-state index contributed by atoms with van der Waals surface area (Å²) in [6.07, 6.45) is -1.06.